The lowest BCUT2D eigenvalue weighted by Gasteiger charge is -2.11. The van der Waals surface area contributed by atoms with Crippen molar-refractivity contribution < 1.29 is 17.9 Å². The largest absolute Gasteiger partial charge is 0.482 e. The average molecular weight is 510 g/mol. The number of carbonyl (C=O) groups is 1. The van der Waals surface area contributed by atoms with Gasteiger partial charge in [0.1, 0.15) is 5.75 Å². The zero-order valence-electron chi connectivity index (χ0n) is 15.6. The van der Waals surface area contributed by atoms with Crippen LogP contribution in [0.15, 0.2) is 82.2 Å². The molecule has 0 atom stereocenters. The second-order valence-electron chi connectivity index (χ2n) is 6.22. The molecule has 9 heteroatoms. The number of anilines is 1. The highest BCUT2D eigenvalue weighted by atomic mass is 79.9. The molecule has 2 N–H and O–H groups in total. The Morgan fingerprint density at radius 1 is 1.00 bits per heavy atom. The van der Waals surface area contributed by atoms with Crippen LogP contribution in [0.25, 0.3) is 0 Å². The predicted octanol–water partition coefficient (Wildman–Crippen LogP) is 4.60. The van der Waals surface area contributed by atoms with E-state index in [1.165, 1.54) is 18.2 Å². The third kappa shape index (κ3) is 6.06. The van der Waals surface area contributed by atoms with E-state index in [9.17, 15) is 13.2 Å². The molecule has 0 heterocycles. The molecule has 30 heavy (non-hydrogen) atoms. The number of sulfonamides is 1. The van der Waals surface area contributed by atoms with E-state index in [0.717, 1.165) is 10.0 Å². The molecule has 3 aromatic rings. The van der Waals surface area contributed by atoms with Crippen molar-refractivity contribution in [2.45, 2.75) is 11.4 Å². The lowest BCUT2D eigenvalue weighted by Crippen LogP contribution is -2.23. The van der Waals surface area contributed by atoms with Crippen LogP contribution in [0.2, 0.25) is 5.02 Å². The lowest BCUT2D eigenvalue weighted by molar-refractivity contribution is -0.118. The maximum Gasteiger partial charge on any atom is 0.262 e. The minimum Gasteiger partial charge on any atom is -0.482 e. The summed E-state index contributed by atoms with van der Waals surface area (Å²) >= 11 is 9.51. The summed E-state index contributed by atoms with van der Waals surface area (Å²) in [4.78, 5) is 12.1. The summed E-state index contributed by atoms with van der Waals surface area (Å²) in [6.45, 7) is -0.117. The van der Waals surface area contributed by atoms with Crippen LogP contribution in [0.1, 0.15) is 5.56 Å². The zero-order chi connectivity index (χ0) is 21.6. The number of hydrogen-bond acceptors (Lipinski definition) is 4. The number of carbonyl (C=O) groups excluding carboxylic acids is 1. The molecule has 1 amide bonds. The Hall–Kier alpha value is -2.39. The summed E-state index contributed by atoms with van der Waals surface area (Å²) in [6, 6.07) is 20.4. The minimum absolute atomic E-state index is 0.00782. The molecular weight excluding hydrogens is 492 g/mol. The average Bonchev–Trinajstić information content (AvgIpc) is 2.74. The first-order valence-corrected chi connectivity index (χ1v) is 11.5. The Morgan fingerprint density at radius 3 is 2.40 bits per heavy atom. The van der Waals surface area contributed by atoms with E-state index in [-0.39, 0.29) is 34.7 Å². The normalized spacial score (nSPS) is 11.1. The first-order chi connectivity index (χ1) is 14.3. The molecule has 0 radical (unpaired) electrons. The van der Waals surface area contributed by atoms with Crippen LogP contribution in [0.3, 0.4) is 0 Å². The second kappa shape index (κ2) is 10.1. The smallest absolute Gasteiger partial charge is 0.262 e. The third-order valence-electron chi connectivity index (χ3n) is 4.03. The van der Waals surface area contributed by atoms with Crippen molar-refractivity contribution in [1.29, 1.82) is 0 Å². The predicted molar refractivity (Wildman–Crippen MR) is 120 cm³/mol. The van der Waals surface area contributed by atoms with Crippen LogP contribution in [0, 0.1) is 0 Å². The van der Waals surface area contributed by atoms with Gasteiger partial charge in [-0.2, -0.15) is 0 Å². The molecule has 0 aliphatic carbocycles. The van der Waals surface area contributed by atoms with Crippen LogP contribution in [0.4, 0.5) is 5.69 Å². The van der Waals surface area contributed by atoms with Gasteiger partial charge in [-0.05, 0) is 51.8 Å². The first-order valence-electron chi connectivity index (χ1n) is 8.85. The van der Waals surface area contributed by atoms with Gasteiger partial charge in [0.05, 0.1) is 15.6 Å². The Morgan fingerprint density at radius 2 is 1.70 bits per heavy atom. The Labute approximate surface area is 188 Å². The highest BCUT2D eigenvalue weighted by Gasteiger charge is 2.16. The fourth-order valence-corrected chi connectivity index (χ4v) is 4.24. The van der Waals surface area contributed by atoms with Crippen LogP contribution in [-0.2, 0) is 21.4 Å². The number of amides is 1. The van der Waals surface area contributed by atoms with E-state index in [1.807, 2.05) is 36.4 Å². The molecule has 0 bridgehead atoms. The quantitative estimate of drug-likeness (QED) is 0.465. The molecule has 3 rings (SSSR count). The molecule has 0 unspecified atom stereocenters. The number of ether oxygens (including phenoxy) is 1. The summed E-state index contributed by atoms with van der Waals surface area (Å²) in [6.07, 6.45) is 0. The van der Waals surface area contributed by atoms with Crippen molar-refractivity contribution in [3.8, 4) is 5.75 Å². The molecule has 6 nitrogen and oxygen atoms in total. The third-order valence-corrected chi connectivity index (χ3v) is 6.42. The van der Waals surface area contributed by atoms with Crippen LogP contribution in [0.5, 0.6) is 5.75 Å². The Bertz CT molecular complexity index is 1140. The van der Waals surface area contributed by atoms with E-state index in [4.69, 9.17) is 16.3 Å². The van der Waals surface area contributed by atoms with Crippen molar-refractivity contribution in [3.05, 3.63) is 87.9 Å². The van der Waals surface area contributed by atoms with Crippen molar-refractivity contribution in [1.82, 2.24) is 4.72 Å². The molecule has 0 aliphatic rings. The van der Waals surface area contributed by atoms with Gasteiger partial charge in [-0.1, -0.05) is 54.1 Å². The minimum atomic E-state index is -3.75. The van der Waals surface area contributed by atoms with Gasteiger partial charge in [0.2, 0.25) is 10.0 Å². The van der Waals surface area contributed by atoms with Crippen molar-refractivity contribution in [2.24, 2.45) is 0 Å². The maximum absolute atomic E-state index is 12.5. The number of benzene rings is 3. The van der Waals surface area contributed by atoms with Gasteiger partial charge in [0.15, 0.2) is 6.61 Å². The molecule has 3 aromatic carbocycles. The van der Waals surface area contributed by atoms with E-state index in [0.29, 0.717) is 5.69 Å². The summed E-state index contributed by atoms with van der Waals surface area (Å²) in [5.41, 5.74) is 1.45. The van der Waals surface area contributed by atoms with Crippen molar-refractivity contribution >= 4 is 49.1 Å². The lowest BCUT2D eigenvalue weighted by atomic mass is 10.2. The first kappa shape index (κ1) is 22.3. The number of halogens is 2. The van der Waals surface area contributed by atoms with E-state index in [1.54, 1.807) is 18.2 Å². The van der Waals surface area contributed by atoms with Gasteiger partial charge in [-0.25, -0.2) is 13.1 Å². The standard InChI is InChI=1S/C21H18BrClN2O4S/c22-17-8-4-5-9-19(17)25-21(26)14-29-20-11-10-16(12-18(20)23)30(27,28)24-13-15-6-2-1-3-7-15/h1-12,24H,13-14H2,(H,25,26). The molecule has 0 spiro atoms. The number of para-hydroxylation sites is 1. The number of hydrogen-bond donors (Lipinski definition) is 2. The van der Waals surface area contributed by atoms with Crippen LogP contribution >= 0.6 is 27.5 Å². The number of nitrogens with one attached hydrogen (secondary N) is 2. The molecular formula is C21H18BrClN2O4S. The van der Waals surface area contributed by atoms with E-state index in [2.05, 4.69) is 26.0 Å². The fraction of sp³-hybridized carbons (Fsp3) is 0.0952. The summed E-state index contributed by atoms with van der Waals surface area (Å²) in [5, 5.41) is 2.80. The molecule has 0 aliphatic heterocycles. The monoisotopic (exact) mass is 508 g/mol. The van der Waals surface area contributed by atoms with Crippen molar-refractivity contribution in [3.63, 3.8) is 0 Å². The summed E-state index contributed by atoms with van der Waals surface area (Å²) in [5.74, 6) is -0.167. The van der Waals surface area contributed by atoms with E-state index >= 15 is 0 Å². The van der Waals surface area contributed by atoms with E-state index < -0.39 is 10.0 Å². The molecule has 156 valence electrons. The van der Waals surface area contributed by atoms with Gasteiger partial charge < -0.3 is 10.1 Å². The van der Waals surface area contributed by atoms with Gasteiger partial charge >= 0.3 is 0 Å². The Balaban J connectivity index is 1.60. The van der Waals surface area contributed by atoms with Gasteiger partial charge in [0, 0.05) is 11.0 Å². The van der Waals surface area contributed by atoms with Crippen LogP contribution < -0.4 is 14.8 Å². The maximum atomic E-state index is 12.5. The summed E-state index contributed by atoms with van der Waals surface area (Å²) < 4.78 is 33.7. The molecule has 0 saturated carbocycles. The SMILES string of the molecule is O=C(COc1ccc(S(=O)(=O)NCc2ccccc2)cc1Cl)Nc1ccccc1Br. The molecule has 0 fully saturated rings. The summed E-state index contributed by atoms with van der Waals surface area (Å²) in [7, 11) is -3.75. The highest BCUT2D eigenvalue weighted by molar-refractivity contribution is 9.10. The van der Waals surface area contributed by atoms with Gasteiger partial charge in [-0.15, -0.1) is 0 Å². The molecule has 0 aromatic heterocycles. The second-order valence-corrected chi connectivity index (χ2v) is 9.25. The molecule has 0 saturated heterocycles. The fourth-order valence-electron chi connectivity index (χ4n) is 2.52. The number of rotatable bonds is 8. The topological polar surface area (TPSA) is 84.5 Å². The van der Waals surface area contributed by atoms with Gasteiger partial charge in [-0.3, -0.25) is 4.79 Å². The Kier molecular flexibility index (Phi) is 7.49. The van der Waals surface area contributed by atoms with Gasteiger partial charge in [0.25, 0.3) is 5.91 Å². The van der Waals surface area contributed by atoms with Crippen LogP contribution in [-0.4, -0.2) is 20.9 Å². The zero-order valence-corrected chi connectivity index (χ0v) is 18.8. The van der Waals surface area contributed by atoms with Crippen molar-refractivity contribution in [2.75, 3.05) is 11.9 Å². The highest BCUT2D eigenvalue weighted by Crippen LogP contribution is 2.27.